The number of sulfone groups is 1. The third-order valence-corrected chi connectivity index (χ3v) is 6.54. The van der Waals surface area contributed by atoms with Gasteiger partial charge in [0.15, 0.2) is 15.7 Å². The highest BCUT2D eigenvalue weighted by Crippen LogP contribution is 2.32. The van der Waals surface area contributed by atoms with Crippen molar-refractivity contribution in [2.45, 2.75) is 37.7 Å². The number of carbonyl (C=O) groups excluding carboxylic acids is 1. The molecule has 0 aliphatic rings. The molecule has 2 aromatic carbocycles. The first-order chi connectivity index (χ1) is 16.4. The Morgan fingerprint density at radius 2 is 1.89 bits per heavy atom. The second-order valence-corrected chi connectivity index (χ2v) is 10.9. The molecule has 0 fully saturated rings. The highest BCUT2D eigenvalue weighted by molar-refractivity contribution is 7.90. The van der Waals surface area contributed by atoms with Gasteiger partial charge < -0.3 is 15.2 Å². The van der Waals surface area contributed by atoms with Crippen LogP contribution in [0, 0.1) is 6.92 Å². The lowest BCUT2D eigenvalue weighted by molar-refractivity contribution is -0.115. The van der Waals surface area contributed by atoms with Crippen LogP contribution in [0.5, 0.6) is 11.5 Å². The molecule has 0 radical (unpaired) electrons. The van der Waals surface area contributed by atoms with Gasteiger partial charge in [0.2, 0.25) is 5.91 Å². The van der Waals surface area contributed by atoms with Gasteiger partial charge in [0.25, 0.3) is 0 Å². The summed E-state index contributed by atoms with van der Waals surface area (Å²) in [6.07, 6.45) is 2.88. The molecule has 4 rings (SSSR count). The van der Waals surface area contributed by atoms with E-state index in [1.54, 1.807) is 56.4 Å². The minimum absolute atomic E-state index is 0.127. The zero-order valence-corrected chi connectivity index (χ0v) is 20.6. The van der Waals surface area contributed by atoms with E-state index in [1.807, 2.05) is 13.0 Å². The van der Waals surface area contributed by atoms with Crippen LogP contribution in [0.25, 0.3) is 10.9 Å². The lowest BCUT2D eigenvalue weighted by Crippen LogP contribution is -2.16. The molecule has 1 amide bonds. The quantitative estimate of drug-likeness (QED) is 0.355. The number of aromatic nitrogens is 3. The maximum atomic E-state index is 12.5. The van der Waals surface area contributed by atoms with Crippen molar-refractivity contribution in [1.29, 1.82) is 0 Å². The zero-order chi connectivity index (χ0) is 25.4. The van der Waals surface area contributed by atoms with Crippen LogP contribution in [-0.2, 0) is 26.7 Å². The maximum absolute atomic E-state index is 12.5. The highest BCUT2D eigenvalue weighted by atomic mass is 32.2. The van der Waals surface area contributed by atoms with Gasteiger partial charge in [0, 0.05) is 23.9 Å². The van der Waals surface area contributed by atoms with E-state index in [2.05, 4.69) is 20.5 Å². The monoisotopic (exact) mass is 494 g/mol. The molecule has 182 valence electrons. The number of pyridine rings is 1. The molecular formula is C25H26N4O5S. The number of nitrogens with one attached hydrogen (secondary N) is 2. The number of ether oxygens (including phenoxy) is 1. The number of hydrogen-bond donors (Lipinski definition) is 3. The molecule has 3 N–H and O–H groups in total. The fourth-order valence-electron chi connectivity index (χ4n) is 3.55. The number of aliphatic hydroxyl groups is 1. The van der Waals surface area contributed by atoms with Crippen molar-refractivity contribution >= 4 is 32.5 Å². The molecule has 0 bridgehead atoms. The summed E-state index contributed by atoms with van der Waals surface area (Å²) in [7, 11) is -3.38. The predicted molar refractivity (Wildman–Crippen MR) is 132 cm³/mol. The molecule has 0 spiro atoms. The molecule has 0 saturated heterocycles. The number of aromatic amines is 1. The van der Waals surface area contributed by atoms with Crippen molar-refractivity contribution in [2.75, 3.05) is 11.6 Å². The molecule has 9 nitrogen and oxygen atoms in total. The van der Waals surface area contributed by atoms with Gasteiger partial charge >= 0.3 is 0 Å². The van der Waals surface area contributed by atoms with Crippen molar-refractivity contribution in [3.63, 3.8) is 0 Å². The van der Waals surface area contributed by atoms with E-state index in [9.17, 15) is 18.3 Å². The third-order valence-electron chi connectivity index (χ3n) is 5.43. The van der Waals surface area contributed by atoms with Crippen molar-refractivity contribution in [1.82, 2.24) is 15.2 Å². The fourth-order valence-corrected chi connectivity index (χ4v) is 4.19. The number of rotatable bonds is 7. The van der Waals surface area contributed by atoms with E-state index in [1.165, 1.54) is 6.07 Å². The molecular weight excluding hydrogens is 468 g/mol. The Labute approximate surface area is 203 Å². The van der Waals surface area contributed by atoms with Crippen molar-refractivity contribution in [3.8, 4) is 11.5 Å². The Hall–Kier alpha value is -3.76. The minimum atomic E-state index is -3.38. The van der Waals surface area contributed by atoms with Gasteiger partial charge in [0.1, 0.15) is 17.1 Å². The lowest BCUT2D eigenvalue weighted by Gasteiger charge is -2.13. The predicted octanol–water partition coefficient (Wildman–Crippen LogP) is 3.87. The molecule has 0 saturated carbocycles. The first kappa shape index (κ1) is 24.4. The van der Waals surface area contributed by atoms with Crippen molar-refractivity contribution < 1.29 is 23.1 Å². The normalized spacial score (nSPS) is 12.0. The van der Waals surface area contributed by atoms with Crippen molar-refractivity contribution in [3.05, 3.63) is 71.5 Å². The largest absolute Gasteiger partial charge is 0.456 e. The highest BCUT2D eigenvalue weighted by Gasteiger charge is 2.19. The van der Waals surface area contributed by atoms with Gasteiger partial charge in [-0.15, -0.1) is 0 Å². The third kappa shape index (κ3) is 5.67. The number of fused-ring (bicyclic) bond motifs is 1. The topological polar surface area (TPSA) is 134 Å². The maximum Gasteiger partial charge on any atom is 0.229 e. The molecule has 2 aromatic heterocycles. The molecule has 4 aromatic rings. The van der Waals surface area contributed by atoms with E-state index in [4.69, 9.17) is 4.74 Å². The second kappa shape index (κ2) is 9.12. The van der Waals surface area contributed by atoms with Gasteiger partial charge in [-0.2, -0.15) is 5.10 Å². The number of anilines is 1. The number of benzene rings is 2. The number of hydrogen-bond acceptors (Lipinski definition) is 7. The Bertz CT molecular complexity index is 1520. The molecule has 2 heterocycles. The van der Waals surface area contributed by atoms with E-state index in [-0.39, 0.29) is 17.2 Å². The number of amides is 1. The van der Waals surface area contributed by atoms with Crippen LogP contribution < -0.4 is 10.1 Å². The summed E-state index contributed by atoms with van der Waals surface area (Å²) >= 11 is 0. The Morgan fingerprint density at radius 1 is 1.11 bits per heavy atom. The SMILES string of the molecule is Cc1cc(CC(=O)Nc2cc(C(C)(C)O)[nH]n2)ccc1Oc1ccnc2ccc(S(C)(=O)=O)cc12. The summed E-state index contributed by atoms with van der Waals surface area (Å²) in [5.74, 6) is 1.14. The van der Waals surface area contributed by atoms with Crippen LogP contribution >= 0.6 is 0 Å². The molecule has 10 heteroatoms. The average Bonchev–Trinajstić information content (AvgIpc) is 3.24. The second-order valence-electron chi connectivity index (χ2n) is 8.91. The number of H-pyrrole nitrogens is 1. The smallest absolute Gasteiger partial charge is 0.229 e. The summed E-state index contributed by atoms with van der Waals surface area (Å²) in [5, 5.41) is 20.0. The minimum Gasteiger partial charge on any atom is -0.456 e. The Morgan fingerprint density at radius 3 is 2.54 bits per heavy atom. The van der Waals surface area contributed by atoms with Crippen LogP contribution in [0.2, 0.25) is 0 Å². The number of nitrogens with zero attached hydrogens (tertiary/aromatic N) is 2. The van der Waals surface area contributed by atoms with Gasteiger partial charge in [-0.05, 0) is 62.2 Å². The van der Waals surface area contributed by atoms with Crippen LogP contribution in [-0.4, -0.2) is 40.9 Å². The summed E-state index contributed by atoms with van der Waals surface area (Å²) in [4.78, 5) is 16.9. The molecule has 35 heavy (non-hydrogen) atoms. The molecule has 0 unspecified atom stereocenters. The Balaban J connectivity index is 1.50. The summed E-state index contributed by atoms with van der Waals surface area (Å²) in [5.41, 5.74) is 1.62. The summed E-state index contributed by atoms with van der Waals surface area (Å²) < 4.78 is 30.1. The van der Waals surface area contributed by atoms with E-state index < -0.39 is 15.4 Å². The lowest BCUT2D eigenvalue weighted by atomic mass is 10.1. The standard InChI is InChI=1S/C25H26N4O5S/c1-15-11-16(12-24(30)27-23-14-22(28-29-23)25(2,3)31)5-8-20(15)34-21-9-10-26-19-7-6-17(13-18(19)21)35(4,32)33/h5-11,13-14,31H,12H2,1-4H3,(H2,27,28,29,30). The molecule has 0 atom stereocenters. The summed E-state index contributed by atoms with van der Waals surface area (Å²) in [6.45, 7) is 5.11. The van der Waals surface area contributed by atoms with Gasteiger partial charge in [-0.25, -0.2) is 8.42 Å². The fraction of sp³-hybridized carbons (Fsp3) is 0.240. The van der Waals surface area contributed by atoms with Gasteiger partial charge in [0.05, 0.1) is 22.5 Å². The van der Waals surface area contributed by atoms with E-state index in [0.717, 1.165) is 17.4 Å². The van der Waals surface area contributed by atoms with Crippen LogP contribution in [0.1, 0.15) is 30.7 Å². The van der Waals surface area contributed by atoms with Crippen LogP contribution in [0.3, 0.4) is 0 Å². The molecule has 0 aliphatic heterocycles. The molecule has 0 aliphatic carbocycles. The average molecular weight is 495 g/mol. The Kier molecular flexibility index (Phi) is 6.35. The van der Waals surface area contributed by atoms with Crippen molar-refractivity contribution in [2.24, 2.45) is 0 Å². The zero-order valence-electron chi connectivity index (χ0n) is 19.8. The van der Waals surface area contributed by atoms with Gasteiger partial charge in [-0.1, -0.05) is 12.1 Å². The number of aryl methyl sites for hydroxylation is 1. The van der Waals surface area contributed by atoms with E-state index >= 15 is 0 Å². The summed E-state index contributed by atoms with van der Waals surface area (Å²) in [6, 6.07) is 13.4. The van der Waals surface area contributed by atoms with Crippen LogP contribution in [0.15, 0.2) is 59.6 Å². The van der Waals surface area contributed by atoms with Crippen LogP contribution in [0.4, 0.5) is 5.82 Å². The first-order valence-electron chi connectivity index (χ1n) is 10.8. The number of carbonyl (C=O) groups is 1. The van der Waals surface area contributed by atoms with Gasteiger partial charge in [-0.3, -0.25) is 14.9 Å². The first-order valence-corrected chi connectivity index (χ1v) is 12.7. The van der Waals surface area contributed by atoms with E-state index in [0.29, 0.717) is 33.9 Å².